The van der Waals surface area contributed by atoms with E-state index in [0.717, 1.165) is 5.56 Å². The monoisotopic (exact) mass is 183 g/mol. The van der Waals surface area contributed by atoms with Crippen molar-refractivity contribution in [3.05, 3.63) is 45.5 Å². The van der Waals surface area contributed by atoms with Crippen molar-refractivity contribution in [3.63, 3.8) is 0 Å². The van der Waals surface area contributed by atoms with Gasteiger partial charge in [0.15, 0.2) is 0 Å². The van der Waals surface area contributed by atoms with Crippen molar-refractivity contribution in [2.75, 3.05) is 0 Å². The molecule has 62 valence electrons. The predicted octanol–water partition coefficient (Wildman–Crippen LogP) is 2.80. The van der Waals surface area contributed by atoms with Gasteiger partial charge in [0.25, 0.3) is 5.69 Å². The first-order chi connectivity index (χ1) is 5.74. The highest BCUT2D eigenvalue weighted by Crippen LogP contribution is 2.12. The van der Waals surface area contributed by atoms with Gasteiger partial charge in [0.1, 0.15) is 0 Å². The normalized spacial score (nSPS) is 10.4. The van der Waals surface area contributed by atoms with Gasteiger partial charge in [0.05, 0.1) is 4.92 Å². The Hall–Kier alpha value is -1.35. The lowest BCUT2D eigenvalue weighted by Crippen LogP contribution is -1.86. The van der Waals surface area contributed by atoms with Gasteiger partial charge in [-0.2, -0.15) is 0 Å². The quantitative estimate of drug-likeness (QED) is 0.523. The lowest BCUT2D eigenvalue weighted by Gasteiger charge is -1.91. The second-order valence-electron chi connectivity index (χ2n) is 2.14. The average Bonchev–Trinajstić information content (AvgIpc) is 2.06. The van der Waals surface area contributed by atoms with Gasteiger partial charge in [-0.25, -0.2) is 0 Å². The number of rotatable bonds is 2. The van der Waals surface area contributed by atoms with Crippen LogP contribution in [0.5, 0.6) is 0 Å². The van der Waals surface area contributed by atoms with Crippen molar-refractivity contribution in [2.24, 2.45) is 0 Å². The van der Waals surface area contributed by atoms with Crippen LogP contribution in [0, 0.1) is 10.1 Å². The van der Waals surface area contributed by atoms with E-state index in [9.17, 15) is 10.1 Å². The van der Waals surface area contributed by atoms with Gasteiger partial charge in [-0.15, -0.1) is 0 Å². The molecule has 0 bridgehead atoms. The maximum absolute atomic E-state index is 10.2. The van der Waals surface area contributed by atoms with E-state index in [2.05, 4.69) is 0 Å². The number of benzene rings is 1. The molecule has 3 nitrogen and oxygen atoms in total. The van der Waals surface area contributed by atoms with Gasteiger partial charge < -0.3 is 0 Å². The number of halogens is 1. The molecule has 0 radical (unpaired) electrons. The Labute approximate surface area is 74.4 Å². The van der Waals surface area contributed by atoms with Crippen LogP contribution in [0.1, 0.15) is 5.56 Å². The molecule has 0 spiro atoms. The fourth-order valence-electron chi connectivity index (χ4n) is 0.780. The van der Waals surface area contributed by atoms with Crippen molar-refractivity contribution in [1.82, 2.24) is 0 Å². The predicted molar refractivity (Wildman–Crippen MR) is 48.0 cm³/mol. The van der Waals surface area contributed by atoms with Crippen LogP contribution >= 0.6 is 11.6 Å². The SMILES string of the molecule is O=[N+]([O-])c1ccc(/C=C/Cl)cc1. The zero-order chi connectivity index (χ0) is 8.97. The molecule has 0 unspecified atom stereocenters. The van der Waals surface area contributed by atoms with Crippen LogP contribution in [0.15, 0.2) is 29.8 Å². The van der Waals surface area contributed by atoms with Crippen LogP contribution in [0.25, 0.3) is 6.08 Å². The molecule has 4 heteroatoms. The standard InChI is InChI=1S/C8H6ClNO2/c9-6-5-7-1-3-8(4-2-7)10(11)12/h1-6H/b6-5+. The summed E-state index contributed by atoms with van der Waals surface area (Å²) < 4.78 is 0. The summed E-state index contributed by atoms with van der Waals surface area (Å²) in [6.07, 6.45) is 1.66. The third-order valence-corrected chi connectivity index (χ3v) is 1.49. The second-order valence-corrected chi connectivity index (χ2v) is 2.39. The highest BCUT2D eigenvalue weighted by molar-refractivity contribution is 6.27. The van der Waals surface area contributed by atoms with Crippen molar-refractivity contribution < 1.29 is 4.92 Å². The molecule has 0 heterocycles. The zero-order valence-electron chi connectivity index (χ0n) is 6.11. The minimum Gasteiger partial charge on any atom is -0.258 e. The number of nitro groups is 1. The van der Waals surface area contributed by atoms with Gasteiger partial charge in [-0.05, 0) is 23.8 Å². The molecule has 12 heavy (non-hydrogen) atoms. The molecule has 0 aliphatic heterocycles. The minimum atomic E-state index is -0.436. The zero-order valence-corrected chi connectivity index (χ0v) is 6.86. The minimum absolute atomic E-state index is 0.0849. The molecule has 1 aromatic carbocycles. The van der Waals surface area contributed by atoms with E-state index in [1.807, 2.05) is 0 Å². The van der Waals surface area contributed by atoms with Gasteiger partial charge in [-0.3, -0.25) is 10.1 Å². The fraction of sp³-hybridized carbons (Fsp3) is 0. The lowest BCUT2D eigenvalue weighted by molar-refractivity contribution is -0.384. The Kier molecular flexibility index (Phi) is 2.82. The summed E-state index contributed by atoms with van der Waals surface area (Å²) in [6.45, 7) is 0. The molecule has 0 amide bonds. The van der Waals surface area contributed by atoms with Gasteiger partial charge in [0.2, 0.25) is 0 Å². The maximum atomic E-state index is 10.2. The van der Waals surface area contributed by atoms with Crippen molar-refractivity contribution in [2.45, 2.75) is 0 Å². The Bertz CT molecular complexity index is 305. The second kappa shape index (κ2) is 3.88. The summed E-state index contributed by atoms with van der Waals surface area (Å²) in [5, 5.41) is 10.2. The number of nitrogens with zero attached hydrogens (tertiary/aromatic N) is 1. The fourth-order valence-corrected chi connectivity index (χ4v) is 0.925. The summed E-state index contributed by atoms with van der Waals surface area (Å²) in [5.41, 5.74) is 2.29. The molecule has 0 N–H and O–H groups in total. The third kappa shape index (κ3) is 2.07. The number of nitro benzene ring substituents is 1. The van der Waals surface area contributed by atoms with E-state index in [0.29, 0.717) is 0 Å². The molecule has 1 rings (SSSR count). The number of non-ortho nitro benzene ring substituents is 1. The van der Waals surface area contributed by atoms with E-state index < -0.39 is 4.92 Å². The Morgan fingerprint density at radius 1 is 1.33 bits per heavy atom. The van der Waals surface area contributed by atoms with E-state index in [1.165, 1.54) is 17.7 Å². The first kappa shape index (κ1) is 8.74. The van der Waals surface area contributed by atoms with Gasteiger partial charge in [0, 0.05) is 17.7 Å². The number of hydrogen-bond acceptors (Lipinski definition) is 2. The van der Waals surface area contributed by atoms with E-state index in [4.69, 9.17) is 11.6 Å². The largest absolute Gasteiger partial charge is 0.269 e. The Morgan fingerprint density at radius 3 is 2.33 bits per heavy atom. The first-order valence-corrected chi connectivity index (χ1v) is 3.69. The van der Waals surface area contributed by atoms with Crippen molar-refractivity contribution in [1.29, 1.82) is 0 Å². The molecule has 0 aromatic heterocycles. The van der Waals surface area contributed by atoms with Crippen molar-refractivity contribution in [3.8, 4) is 0 Å². The van der Waals surface area contributed by atoms with Crippen molar-refractivity contribution >= 4 is 23.4 Å². The summed E-state index contributed by atoms with van der Waals surface area (Å²) in [5.74, 6) is 0. The van der Waals surface area contributed by atoms with E-state index in [1.54, 1.807) is 18.2 Å². The molecule has 0 atom stereocenters. The van der Waals surface area contributed by atoms with Crippen LogP contribution in [0.4, 0.5) is 5.69 Å². The smallest absolute Gasteiger partial charge is 0.258 e. The van der Waals surface area contributed by atoms with Crippen LogP contribution in [0.2, 0.25) is 0 Å². The Morgan fingerprint density at radius 2 is 1.92 bits per heavy atom. The molecule has 0 saturated carbocycles. The van der Waals surface area contributed by atoms with Crippen LogP contribution in [0.3, 0.4) is 0 Å². The molecule has 0 fully saturated rings. The summed E-state index contributed by atoms with van der Waals surface area (Å²) in [4.78, 5) is 9.80. The van der Waals surface area contributed by atoms with E-state index in [-0.39, 0.29) is 5.69 Å². The molecule has 0 aliphatic rings. The van der Waals surface area contributed by atoms with Gasteiger partial charge in [-0.1, -0.05) is 11.6 Å². The topological polar surface area (TPSA) is 43.1 Å². The highest BCUT2D eigenvalue weighted by Gasteiger charge is 2.01. The lowest BCUT2D eigenvalue weighted by atomic mass is 10.2. The average molecular weight is 184 g/mol. The summed E-state index contributed by atoms with van der Waals surface area (Å²) in [7, 11) is 0. The first-order valence-electron chi connectivity index (χ1n) is 3.25. The maximum Gasteiger partial charge on any atom is 0.269 e. The van der Waals surface area contributed by atoms with Crippen LogP contribution in [-0.2, 0) is 0 Å². The number of hydrogen-bond donors (Lipinski definition) is 0. The van der Waals surface area contributed by atoms with Crippen LogP contribution in [-0.4, -0.2) is 4.92 Å². The third-order valence-electron chi connectivity index (χ3n) is 1.36. The molecule has 0 saturated heterocycles. The summed E-state index contributed by atoms with van der Waals surface area (Å²) >= 11 is 5.32. The van der Waals surface area contributed by atoms with Gasteiger partial charge >= 0.3 is 0 Å². The molecular weight excluding hydrogens is 178 g/mol. The summed E-state index contributed by atoms with van der Waals surface area (Å²) in [6, 6.07) is 6.15. The molecular formula is C8H6ClNO2. The van der Waals surface area contributed by atoms with E-state index >= 15 is 0 Å². The molecule has 1 aromatic rings. The highest BCUT2D eigenvalue weighted by atomic mass is 35.5. The Balaban J connectivity index is 2.93. The molecule has 0 aliphatic carbocycles. The van der Waals surface area contributed by atoms with Crippen LogP contribution < -0.4 is 0 Å².